The molecule has 1 aliphatic heterocycles. The van der Waals surface area contributed by atoms with Gasteiger partial charge in [0.15, 0.2) is 0 Å². The first kappa shape index (κ1) is 16.2. The van der Waals surface area contributed by atoms with Crippen LogP contribution in [0.25, 0.3) is 11.1 Å². The molecule has 1 aliphatic rings. The lowest BCUT2D eigenvalue weighted by molar-refractivity contribution is 0.274. The van der Waals surface area contributed by atoms with Gasteiger partial charge in [0, 0.05) is 12.7 Å². The summed E-state index contributed by atoms with van der Waals surface area (Å²) in [4.78, 5) is 7.15. The Hall–Kier alpha value is -1.67. The maximum absolute atomic E-state index is 4.59. The maximum atomic E-state index is 4.59. The van der Waals surface area contributed by atoms with Crippen molar-refractivity contribution in [3.05, 3.63) is 53.9 Å². The molecule has 2 heteroatoms. The highest BCUT2D eigenvalue weighted by Crippen LogP contribution is 2.23. The second-order valence-corrected chi connectivity index (χ2v) is 7.00. The van der Waals surface area contributed by atoms with Crippen molar-refractivity contribution in [2.75, 3.05) is 13.1 Å². The zero-order chi connectivity index (χ0) is 16.1. The Morgan fingerprint density at radius 1 is 0.913 bits per heavy atom. The number of nitrogens with zero attached hydrogens (tertiary/aromatic N) is 2. The highest BCUT2D eigenvalue weighted by atomic mass is 15.1. The number of pyridine rings is 1. The molecule has 0 spiro atoms. The molecule has 0 aliphatic carbocycles. The van der Waals surface area contributed by atoms with Gasteiger partial charge in [-0.15, -0.1) is 0 Å². The number of hydrogen-bond acceptors (Lipinski definition) is 2. The third kappa shape index (κ3) is 4.42. The Kier molecular flexibility index (Phi) is 5.45. The van der Waals surface area contributed by atoms with Crippen LogP contribution in [-0.2, 0) is 6.54 Å². The van der Waals surface area contributed by atoms with E-state index >= 15 is 0 Å². The highest BCUT2D eigenvalue weighted by Gasteiger charge is 2.10. The summed E-state index contributed by atoms with van der Waals surface area (Å²) in [6.07, 6.45) is 7.38. The molecule has 1 saturated heterocycles. The summed E-state index contributed by atoms with van der Waals surface area (Å²) in [7, 11) is 0. The molecular weight excluding hydrogens is 280 g/mol. The van der Waals surface area contributed by atoms with Gasteiger partial charge in [-0.3, -0.25) is 9.88 Å². The molecule has 23 heavy (non-hydrogen) atoms. The van der Waals surface area contributed by atoms with Gasteiger partial charge in [-0.2, -0.15) is 0 Å². The lowest BCUT2D eigenvalue weighted by Crippen LogP contribution is -2.24. The topological polar surface area (TPSA) is 16.1 Å². The van der Waals surface area contributed by atoms with Crippen LogP contribution >= 0.6 is 0 Å². The molecule has 0 bridgehead atoms. The SMILES string of the molecule is CC(C)c1ccc(-c2ccnc(CN3CCCCCC3)c2)cc1. The molecule has 1 aromatic carbocycles. The molecule has 1 aromatic heterocycles. The van der Waals surface area contributed by atoms with Crippen molar-refractivity contribution in [1.29, 1.82) is 0 Å². The van der Waals surface area contributed by atoms with Gasteiger partial charge in [-0.1, -0.05) is 51.0 Å². The van der Waals surface area contributed by atoms with Crippen LogP contribution in [0.3, 0.4) is 0 Å². The maximum Gasteiger partial charge on any atom is 0.0550 e. The molecule has 0 atom stereocenters. The number of benzene rings is 1. The fraction of sp³-hybridized carbons (Fsp3) is 0.476. The van der Waals surface area contributed by atoms with E-state index in [1.807, 2.05) is 6.20 Å². The van der Waals surface area contributed by atoms with E-state index in [-0.39, 0.29) is 0 Å². The fourth-order valence-electron chi connectivity index (χ4n) is 3.33. The lowest BCUT2D eigenvalue weighted by Gasteiger charge is -2.19. The van der Waals surface area contributed by atoms with Crippen LogP contribution in [0.15, 0.2) is 42.6 Å². The molecule has 0 amide bonds. The molecule has 122 valence electrons. The molecule has 0 N–H and O–H groups in total. The van der Waals surface area contributed by atoms with Gasteiger partial charge < -0.3 is 0 Å². The highest BCUT2D eigenvalue weighted by molar-refractivity contribution is 5.63. The van der Waals surface area contributed by atoms with E-state index in [1.165, 1.54) is 61.2 Å². The van der Waals surface area contributed by atoms with E-state index in [9.17, 15) is 0 Å². The van der Waals surface area contributed by atoms with Crippen LogP contribution in [0.2, 0.25) is 0 Å². The molecule has 1 fully saturated rings. The first-order valence-corrected chi connectivity index (χ1v) is 9.00. The zero-order valence-corrected chi connectivity index (χ0v) is 14.5. The van der Waals surface area contributed by atoms with Gasteiger partial charge >= 0.3 is 0 Å². The van der Waals surface area contributed by atoms with Gasteiger partial charge in [-0.25, -0.2) is 0 Å². The molecule has 2 aromatic rings. The Labute approximate surface area is 140 Å². The molecule has 0 saturated carbocycles. The van der Waals surface area contributed by atoms with Crippen LogP contribution in [-0.4, -0.2) is 23.0 Å². The second-order valence-electron chi connectivity index (χ2n) is 7.00. The Balaban J connectivity index is 1.73. The van der Waals surface area contributed by atoms with Crippen molar-refractivity contribution >= 4 is 0 Å². The van der Waals surface area contributed by atoms with E-state index < -0.39 is 0 Å². The second kappa shape index (κ2) is 7.74. The average molecular weight is 308 g/mol. The van der Waals surface area contributed by atoms with E-state index in [1.54, 1.807) is 0 Å². The summed E-state index contributed by atoms with van der Waals surface area (Å²) in [6, 6.07) is 13.3. The minimum absolute atomic E-state index is 0.583. The number of hydrogen-bond donors (Lipinski definition) is 0. The quantitative estimate of drug-likeness (QED) is 0.767. The number of rotatable bonds is 4. The van der Waals surface area contributed by atoms with Gasteiger partial charge in [0.1, 0.15) is 0 Å². The summed E-state index contributed by atoms with van der Waals surface area (Å²) in [5.74, 6) is 0.583. The van der Waals surface area contributed by atoms with Gasteiger partial charge in [0.05, 0.1) is 5.69 Å². The van der Waals surface area contributed by atoms with Crippen molar-refractivity contribution in [3.63, 3.8) is 0 Å². The number of likely N-dealkylation sites (tertiary alicyclic amines) is 1. The van der Waals surface area contributed by atoms with Crippen LogP contribution in [0.5, 0.6) is 0 Å². The van der Waals surface area contributed by atoms with E-state index in [0.29, 0.717) is 5.92 Å². The molecule has 3 rings (SSSR count). The summed E-state index contributed by atoms with van der Waals surface area (Å²) in [5.41, 5.74) is 5.15. The van der Waals surface area contributed by atoms with E-state index in [0.717, 1.165) is 6.54 Å². The van der Waals surface area contributed by atoms with Crippen LogP contribution in [0, 0.1) is 0 Å². The number of aromatic nitrogens is 1. The third-order valence-electron chi connectivity index (χ3n) is 4.81. The first-order chi connectivity index (χ1) is 11.2. The van der Waals surface area contributed by atoms with Crippen molar-refractivity contribution < 1.29 is 0 Å². The zero-order valence-electron chi connectivity index (χ0n) is 14.5. The Bertz CT molecular complexity index is 608. The summed E-state index contributed by atoms with van der Waals surface area (Å²) < 4.78 is 0. The van der Waals surface area contributed by atoms with Gasteiger partial charge in [-0.05, 0) is 60.7 Å². The van der Waals surface area contributed by atoms with Gasteiger partial charge in [0.2, 0.25) is 0 Å². The third-order valence-corrected chi connectivity index (χ3v) is 4.81. The van der Waals surface area contributed by atoms with Crippen LogP contribution in [0.1, 0.15) is 56.7 Å². The Morgan fingerprint density at radius 3 is 2.26 bits per heavy atom. The molecule has 0 unspecified atom stereocenters. The molecular formula is C21H28N2. The van der Waals surface area contributed by atoms with Crippen molar-refractivity contribution in [2.45, 2.75) is 52.0 Å². The molecule has 2 nitrogen and oxygen atoms in total. The molecule has 0 radical (unpaired) electrons. The summed E-state index contributed by atoms with van der Waals surface area (Å²) in [5, 5.41) is 0. The van der Waals surface area contributed by atoms with Crippen molar-refractivity contribution in [3.8, 4) is 11.1 Å². The summed E-state index contributed by atoms with van der Waals surface area (Å²) in [6.45, 7) is 7.89. The average Bonchev–Trinajstić information content (AvgIpc) is 2.84. The predicted molar refractivity (Wildman–Crippen MR) is 97.5 cm³/mol. The standard InChI is InChI=1S/C21H28N2/c1-17(2)18-7-9-19(10-8-18)20-11-12-22-21(15-20)16-23-13-5-3-4-6-14-23/h7-12,15,17H,3-6,13-14,16H2,1-2H3. The van der Waals surface area contributed by atoms with Crippen molar-refractivity contribution in [2.24, 2.45) is 0 Å². The fourth-order valence-corrected chi connectivity index (χ4v) is 3.33. The Morgan fingerprint density at radius 2 is 1.61 bits per heavy atom. The monoisotopic (exact) mass is 308 g/mol. The first-order valence-electron chi connectivity index (χ1n) is 9.00. The van der Waals surface area contributed by atoms with Gasteiger partial charge in [0.25, 0.3) is 0 Å². The van der Waals surface area contributed by atoms with Crippen LogP contribution < -0.4 is 0 Å². The smallest absolute Gasteiger partial charge is 0.0550 e. The normalized spacial score (nSPS) is 16.5. The minimum atomic E-state index is 0.583. The van der Waals surface area contributed by atoms with Crippen LogP contribution in [0.4, 0.5) is 0 Å². The van der Waals surface area contributed by atoms with E-state index in [4.69, 9.17) is 0 Å². The van der Waals surface area contributed by atoms with Crippen molar-refractivity contribution in [1.82, 2.24) is 9.88 Å². The van der Waals surface area contributed by atoms with E-state index in [2.05, 4.69) is 60.1 Å². The lowest BCUT2D eigenvalue weighted by atomic mass is 9.99. The predicted octanol–water partition coefficient (Wildman–Crippen LogP) is 5.25. The summed E-state index contributed by atoms with van der Waals surface area (Å²) >= 11 is 0. The largest absolute Gasteiger partial charge is 0.298 e. The minimum Gasteiger partial charge on any atom is -0.298 e. The molecule has 2 heterocycles.